The summed E-state index contributed by atoms with van der Waals surface area (Å²) in [7, 11) is 0. The molecule has 0 bridgehead atoms. The number of unbranched alkanes of at least 4 members (excludes halogenated alkanes) is 33. The third-order valence-corrected chi connectivity index (χ3v) is 12.3. The van der Waals surface area contributed by atoms with Gasteiger partial charge in [-0.2, -0.15) is 0 Å². The van der Waals surface area contributed by atoms with Crippen molar-refractivity contribution in [1.82, 2.24) is 10.6 Å². The Morgan fingerprint density at radius 2 is 0.823 bits per heavy atom. The fraction of sp³-hybridized carbons (Fsp3) is 0.887. The van der Waals surface area contributed by atoms with Gasteiger partial charge in [-0.15, -0.1) is 0 Å². The second-order valence-corrected chi connectivity index (χ2v) is 18.3. The average Bonchev–Trinajstić information content (AvgIpc) is 3.26. The molecule has 62 heavy (non-hydrogen) atoms. The standard InChI is InChI=1S/C53H100N2O7/c1-3-5-7-9-11-13-15-17-19-20-21-22-24-26-28-30-32-37-41-45-52(59)62-48(42-38-34-31-29-27-25-23-18-16-14-12-10-8-6-4-2)43-39-35-33-36-40-44-50(57)54-46-51(58)55-49(47-56)53(60)61/h25,27,48-49,56H,3-24,26,28-47H2,1-2H3,(H,54,57)(H,55,58)(H,60,61)/b27-25-. The third kappa shape index (κ3) is 44.2. The highest BCUT2D eigenvalue weighted by atomic mass is 16.5. The first-order valence-electron chi connectivity index (χ1n) is 26.6. The number of carbonyl (C=O) groups excluding carboxylic acids is 3. The van der Waals surface area contributed by atoms with Gasteiger partial charge in [-0.1, -0.05) is 212 Å². The van der Waals surface area contributed by atoms with E-state index < -0.39 is 24.5 Å². The van der Waals surface area contributed by atoms with E-state index in [1.54, 1.807) is 0 Å². The molecule has 0 saturated heterocycles. The zero-order valence-corrected chi connectivity index (χ0v) is 40.7. The zero-order chi connectivity index (χ0) is 45.4. The number of nitrogens with one attached hydrogen (secondary N) is 2. The normalized spacial score (nSPS) is 12.4. The summed E-state index contributed by atoms with van der Waals surface area (Å²) < 4.78 is 6.07. The van der Waals surface area contributed by atoms with Crippen molar-refractivity contribution in [3.05, 3.63) is 12.2 Å². The molecule has 0 aromatic rings. The molecule has 9 nitrogen and oxygen atoms in total. The van der Waals surface area contributed by atoms with Gasteiger partial charge in [-0.3, -0.25) is 14.4 Å². The second-order valence-electron chi connectivity index (χ2n) is 18.3. The Morgan fingerprint density at radius 3 is 1.23 bits per heavy atom. The number of aliphatic hydroxyl groups excluding tert-OH is 1. The van der Waals surface area contributed by atoms with Crippen LogP contribution in [0.4, 0.5) is 0 Å². The molecule has 364 valence electrons. The predicted molar refractivity (Wildman–Crippen MR) is 259 cm³/mol. The number of carboxylic acids is 1. The van der Waals surface area contributed by atoms with Crippen molar-refractivity contribution in [3.63, 3.8) is 0 Å². The van der Waals surface area contributed by atoms with Gasteiger partial charge in [0.1, 0.15) is 12.1 Å². The van der Waals surface area contributed by atoms with Crippen LogP contribution in [0.15, 0.2) is 12.2 Å². The minimum Gasteiger partial charge on any atom is -0.480 e. The fourth-order valence-electron chi connectivity index (χ4n) is 8.18. The SMILES string of the molecule is CCCCCCCCCC/C=C\CCCCCC(CCCCCCCC(=O)NCC(=O)NC(CO)C(=O)O)OC(=O)CCCCCCCCCCCCCCCCCCCCC. The van der Waals surface area contributed by atoms with Crippen LogP contribution in [-0.4, -0.2) is 59.3 Å². The van der Waals surface area contributed by atoms with E-state index in [9.17, 15) is 19.2 Å². The van der Waals surface area contributed by atoms with Gasteiger partial charge in [0, 0.05) is 12.8 Å². The van der Waals surface area contributed by atoms with Crippen LogP contribution in [0.5, 0.6) is 0 Å². The van der Waals surface area contributed by atoms with Crippen LogP contribution in [0.2, 0.25) is 0 Å². The molecule has 2 unspecified atom stereocenters. The summed E-state index contributed by atoms with van der Waals surface area (Å²) >= 11 is 0. The van der Waals surface area contributed by atoms with Crippen LogP contribution >= 0.6 is 0 Å². The molecule has 2 atom stereocenters. The Hall–Kier alpha value is -2.42. The molecule has 9 heteroatoms. The number of allylic oxidation sites excluding steroid dienone is 2. The van der Waals surface area contributed by atoms with Crippen molar-refractivity contribution in [1.29, 1.82) is 0 Å². The van der Waals surface area contributed by atoms with Gasteiger partial charge in [0.2, 0.25) is 11.8 Å². The molecule has 0 aliphatic rings. The minimum absolute atomic E-state index is 0.0242. The minimum atomic E-state index is -1.38. The molecule has 0 aliphatic heterocycles. The first kappa shape index (κ1) is 59.6. The number of aliphatic hydroxyl groups is 1. The Morgan fingerprint density at radius 1 is 0.468 bits per heavy atom. The molecule has 4 N–H and O–H groups in total. The number of amides is 2. The lowest BCUT2D eigenvalue weighted by Gasteiger charge is -2.18. The molecule has 0 saturated carbocycles. The van der Waals surface area contributed by atoms with E-state index in [-0.39, 0.29) is 24.5 Å². The maximum absolute atomic E-state index is 12.9. The predicted octanol–water partition coefficient (Wildman–Crippen LogP) is 14.2. The van der Waals surface area contributed by atoms with Crippen molar-refractivity contribution in [2.75, 3.05) is 13.2 Å². The van der Waals surface area contributed by atoms with E-state index in [0.29, 0.717) is 19.3 Å². The van der Waals surface area contributed by atoms with Crippen molar-refractivity contribution < 1.29 is 34.1 Å². The van der Waals surface area contributed by atoms with E-state index in [2.05, 4.69) is 36.6 Å². The fourth-order valence-corrected chi connectivity index (χ4v) is 8.18. The molecular formula is C53H100N2O7. The second kappa shape index (κ2) is 48.0. The number of rotatable bonds is 49. The van der Waals surface area contributed by atoms with Gasteiger partial charge in [-0.25, -0.2) is 4.79 Å². The van der Waals surface area contributed by atoms with Crippen LogP contribution in [0.25, 0.3) is 0 Å². The molecule has 0 fully saturated rings. The Bertz CT molecular complexity index is 1050. The Kier molecular flexibility index (Phi) is 46.2. The quantitative estimate of drug-likeness (QED) is 0.0271. The zero-order valence-electron chi connectivity index (χ0n) is 40.7. The van der Waals surface area contributed by atoms with Gasteiger partial charge in [0.05, 0.1) is 13.2 Å². The molecule has 0 spiro atoms. The van der Waals surface area contributed by atoms with Crippen molar-refractivity contribution in [2.45, 2.75) is 289 Å². The Labute approximate surface area is 381 Å². The van der Waals surface area contributed by atoms with Crippen molar-refractivity contribution in [2.24, 2.45) is 0 Å². The largest absolute Gasteiger partial charge is 0.480 e. The third-order valence-electron chi connectivity index (χ3n) is 12.3. The first-order valence-corrected chi connectivity index (χ1v) is 26.6. The van der Waals surface area contributed by atoms with Crippen LogP contribution in [0.1, 0.15) is 277 Å². The smallest absolute Gasteiger partial charge is 0.328 e. The number of hydrogen-bond acceptors (Lipinski definition) is 6. The van der Waals surface area contributed by atoms with Gasteiger partial charge in [-0.05, 0) is 64.2 Å². The highest BCUT2D eigenvalue weighted by Crippen LogP contribution is 2.19. The van der Waals surface area contributed by atoms with Gasteiger partial charge in [0.25, 0.3) is 0 Å². The summed E-state index contributed by atoms with van der Waals surface area (Å²) in [5.74, 6) is -2.28. The average molecular weight is 877 g/mol. The molecule has 0 radical (unpaired) electrons. The topological polar surface area (TPSA) is 142 Å². The number of carbonyl (C=O) groups is 4. The number of aliphatic carboxylic acids is 1. The van der Waals surface area contributed by atoms with Gasteiger partial charge >= 0.3 is 11.9 Å². The van der Waals surface area contributed by atoms with E-state index in [0.717, 1.165) is 70.6 Å². The molecular weight excluding hydrogens is 777 g/mol. The van der Waals surface area contributed by atoms with Crippen LogP contribution in [0, 0.1) is 0 Å². The van der Waals surface area contributed by atoms with E-state index in [1.807, 2.05) is 0 Å². The highest BCUT2D eigenvalue weighted by Gasteiger charge is 2.19. The van der Waals surface area contributed by atoms with Crippen LogP contribution in [-0.2, 0) is 23.9 Å². The summed E-state index contributed by atoms with van der Waals surface area (Å²) in [5, 5.41) is 22.6. The van der Waals surface area contributed by atoms with Crippen molar-refractivity contribution in [3.8, 4) is 0 Å². The van der Waals surface area contributed by atoms with E-state index in [4.69, 9.17) is 14.9 Å². The summed E-state index contributed by atoms with van der Waals surface area (Å²) in [6.45, 7) is 3.52. The van der Waals surface area contributed by atoms with Crippen molar-refractivity contribution >= 4 is 23.8 Å². The molecule has 0 aromatic carbocycles. The van der Waals surface area contributed by atoms with E-state index >= 15 is 0 Å². The first-order chi connectivity index (χ1) is 30.3. The lowest BCUT2D eigenvalue weighted by molar-refractivity contribution is -0.150. The van der Waals surface area contributed by atoms with Crippen LogP contribution < -0.4 is 10.6 Å². The number of hydrogen-bond donors (Lipinski definition) is 4. The maximum atomic E-state index is 12.9. The molecule has 0 heterocycles. The Balaban J connectivity index is 4.27. The highest BCUT2D eigenvalue weighted by molar-refractivity contribution is 5.87. The lowest BCUT2D eigenvalue weighted by Crippen LogP contribution is -2.47. The number of esters is 1. The number of carboxylic acid groups (broad SMARTS) is 1. The maximum Gasteiger partial charge on any atom is 0.328 e. The summed E-state index contributed by atoms with van der Waals surface area (Å²) in [4.78, 5) is 47.8. The monoisotopic (exact) mass is 877 g/mol. The molecule has 0 rings (SSSR count). The molecule has 0 aromatic heterocycles. The van der Waals surface area contributed by atoms with Gasteiger partial charge in [0.15, 0.2) is 0 Å². The molecule has 0 aliphatic carbocycles. The van der Waals surface area contributed by atoms with E-state index in [1.165, 1.54) is 173 Å². The summed E-state index contributed by atoms with van der Waals surface area (Å²) in [6, 6.07) is -1.38. The van der Waals surface area contributed by atoms with Gasteiger partial charge < -0.3 is 25.6 Å². The summed E-state index contributed by atoms with van der Waals surface area (Å²) in [6.07, 6.45) is 53.9. The summed E-state index contributed by atoms with van der Waals surface area (Å²) in [5.41, 5.74) is 0. The molecule has 2 amide bonds. The number of ether oxygens (including phenoxy) is 1. The van der Waals surface area contributed by atoms with Crippen LogP contribution in [0.3, 0.4) is 0 Å². The lowest BCUT2D eigenvalue weighted by atomic mass is 10.0.